The van der Waals surface area contributed by atoms with E-state index in [0.29, 0.717) is 6.42 Å². The van der Waals surface area contributed by atoms with Gasteiger partial charge in [0, 0.05) is 12.2 Å². The van der Waals surface area contributed by atoms with Crippen LogP contribution >= 0.6 is 0 Å². The summed E-state index contributed by atoms with van der Waals surface area (Å²) < 4.78 is 0. The third kappa shape index (κ3) is 4.08. The van der Waals surface area contributed by atoms with Crippen molar-refractivity contribution in [3.05, 3.63) is 30.3 Å². The monoisotopic (exact) mass is 274 g/mol. The van der Waals surface area contributed by atoms with E-state index in [0.717, 1.165) is 31.5 Å². The van der Waals surface area contributed by atoms with Crippen LogP contribution in [0.2, 0.25) is 0 Å². The van der Waals surface area contributed by atoms with Crippen LogP contribution in [0, 0.1) is 11.8 Å². The summed E-state index contributed by atoms with van der Waals surface area (Å²) in [6.07, 6.45) is 3.94. The van der Waals surface area contributed by atoms with E-state index in [4.69, 9.17) is 0 Å². The first-order chi connectivity index (χ1) is 9.72. The van der Waals surface area contributed by atoms with Crippen LogP contribution in [0.15, 0.2) is 30.3 Å². The maximum absolute atomic E-state index is 12.0. The second-order valence-corrected chi connectivity index (χ2v) is 5.30. The Bertz CT molecular complexity index is 459. The Morgan fingerprint density at radius 2 is 1.80 bits per heavy atom. The number of unbranched alkanes of at least 4 members (excludes halogenated alkanes) is 2. The summed E-state index contributed by atoms with van der Waals surface area (Å²) in [7, 11) is 0. The molecule has 2 rings (SSSR count). The number of para-hydroxylation sites is 1. The molecular weight excluding hydrogens is 252 g/mol. The number of nitrogens with one attached hydrogen (secondary N) is 2. The highest BCUT2D eigenvalue weighted by Gasteiger charge is 2.47. The summed E-state index contributed by atoms with van der Waals surface area (Å²) in [6, 6.07) is 9.35. The molecule has 4 nitrogen and oxygen atoms in total. The van der Waals surface area contributed by atoms with Gasteiger partial charge in [0.15, 0.2) is 0 Å². The van der Waals surface area contributed by atoms with Crippen LogP contribution in [0.4, 0.5) is 5.69 Å². The van der Waals surface area contributed by atoms with Crippen molar-refractivity contribution in [2.45, 2.75) is 32.6 Å². The molecule has 2 N–H and O–H groups in total. The summed E-state index contributed by atoms with van der Waals surface area (Å²) >= 11 is 0. The number of rotatable bonds is 7. The molecular formula is C16H22N2O2. The van der Waals surface area contributed by atoms with Crippen LogP contribution in [0.25, 0.3) is 0 Å². The van der Waals surface area contributed by atoms with E-state index in [-0.39, 0.29) is 23.7 Å². The molecule has 1 fully saturated rings. The highest BCUT2D eigenvalue weighted by Crippen LogP contribution is 2.39. The van der Waals surface area contributed by atoms with Crippen LogP contribution in [0.5, 0.6) is 0 Å². The second-order valence-electron chi connectivity index (χ2n) is 5.30. The first-order valence-electron chi connectivity index (χ1n) is 7.36. The normalized spacial score (nSPS) is 20.2. The minimum Gasteiger partial charge on any atom is -0.356 e. The summed E-state index contributed by atoms with van der Waals surface area (Å²) in [5.41, 5.74) is 0.784. The number of hydrogen-bond donors (Lipinski definition) is 2. The van der Waals surface area contributed by atoms with Gasteiger partial charge in [0.1, 0.15) is 0 Å². The third-order valence-electron chi connectivity index (χ3n) is 3.58. The molecule has 0 aliphatic heterocycles. The first-order valence-corrected chi connectivity index (χ1v) is 7.36. The lowest BCUT2D eigenvalue weighted by molar-refractivity contribution is -0.125. The molecule has 1 aliphatic carbocycles. The number of hydrogen-bond acceptors (Lipinski definition) is 2. The fourth-order valence-electron chi connectivity index (χ4n) is 2.25. The molecule has 20 heavy (non-hydrogen) atoms. The lowest BCUT2D eigenvalue weighted by atomic mass is 10.2. The minimum absolute atomic E-state index is 0.0225. The van der Waals surface area contributed by atoms with Gasteiger partial charge < -0.3 is 10.6 Å². The third-order valence-corrected chi connectivity index (χ3v) is 3.58. The molecule has 0 radical (unpaired) electrons. The van der Waals surface area contributed by atoms with Crippen molar-refractivity contribution in [3.8, 4) is 0 Å². The molecule has 108 valence electrons. The zero-order chi connectivity index (χ0) is 14.4. The standard InChI is InChI=1S/C16H22N2O2/c1-2-3-7-10-17-15(19)13-11-14(13)16(20)18-12-8-5-4-6-9-12/h4-6,8-9,13-14H,2-3,7,10-11H2,1H3,(H,17,19)(H,18,20). The molecule has 1 saturated carbocycles. The maximum Gasteiger partial charge on any atom is 0.228 e. The Hall–Kier alpha value is -1.84. The molecule has 0 aromatic heterocycles. The molecule has 2 amide bonds. The average molecular weight is 274 g/mol. The second kappa shape index (κ2) is 7.08. The fourth-order valence-corrected chi connectivity index (χ4v) is 2.25. The predicted molar refractivity (Wildman–Crippen MR) is 79.2 cm³/mol. The van der Waals surface area contributed by atoms with Gasteiger partial charge in [-0.1, -0.05) is 38.0 Å². The zero-order valence-corrected chi connectivity index (χ0v) is 11.9. The van der Waals surface area contributed by atoms with Crippen molar-refractivity contribution in [2.75, 3.05) is 11.9 Å². The van der Waals surface area contributed by atoms with Crippen LogP contribution in [0.1, 0.15) is 32.6 Å². The molecule has 0 bridgehead atoms. The van der Waals surface area contributed by atoms with Crippen molar-refractivity contribution in [1.82, 2.24) is 5.32 Å². The van der Waals surface area contributed by atoms with Crippen LogP contribution in [-0.4, -0.2) is 18.4 Å². The molecule has 0 saturated heterocycles. The van der Waals surface area contributed by atoms with Crippen molar-refractivity contribution < 1.29 is 9.59 Å². The molecule has 0 heterocycles. The van der Waals surface area contributed by atoms with Gasteiger partial charge in [0.2, 0.25) is 11.8 Å². The molecule has 2 atom stereocenters. The van der Waals surface area contributed by atoms with Crippen LogP contribution in [0.3, 0.4) is 0 Å². The predicted octanol–water partition coefficient (Wildman–Crippen LogP) is 2.57. The number of carbonyl (C=O) groups excluding carboxylic acids is 2. The maximum atomic E-state index is 12.0. The van der Waals surface area contributed by atoms with Gasteiger partial charge in [-0.15, -0.1) is 0 Å². The van der Waals surface area contributed by atoms with Crippen molar-refractivity contribution in [1.29, 1.82) is 0 Å². The van der Waals surface area contributed by atoms with E-state index in [1.807, 2.05) is 30.3 Å². The lowest BCUT2D eigenvalue weighted by Gasteiger charge is -2.05. The van der Waals surface area contributed by atoms with E-state index in [1.165, 1.54) is 0 Å². The summed E-state index contributed by atoms with van der Waals surface area (Å²) in [4.78, 5) is 23.8. The van der Waals surface area contributed by atoms with Crippen LogP contribution in [-0.2, 0) is 9.59 Å². The van der Waals surface area contributed by atoms with Gasteiger partial charge in [0.25, 0.3) is 0 Å². The van der Waals surface area contributed by atoms with Crippen molar-refractivity contribution in [3.63, 3.8) is 0 Å². The SMILES string of the molecule is CCCCCNC(=O)C1CC1C(=O)Nc1ccccc1. The smallest absolute Gasteiger partial charge is 0.228 e. The topological polar surface area (TPSA) is 58.2 Å². The molecule has 0 spiro atoms. The van der Waals surface area contributed by atoms with Gasteiger partial charge in [-0.2, -0.15) is 0 Å². The Morgan fingerprint density at radius 3 is 2.50 bits per heavy atom. The van der Waals surface area contributed by atoms with E-state index in [1.54, 1.807) is 0 Å². The van der Waals surface area contributed by atoms with Gasteiger partial charge >= 0.3 is 0 Å². The highest BCUT2D eigenvalue weighted by atomic mass is 16.2. The number of carbonyl (C=O) groups is 2. The molecule has 1 aromatic carbocycles. The van der Waals surface area contributed by atoms with Gasteiger partial charge in [0.05, 0.1) is 11.8 Å². The van der Waals surface area contributed by atoms with Crippen molar-refractivity contribution >= 4 is 17.5 Å². The van der Waals surface area contributed by atoms with E-state index >= 15 is 0 Å². The average Bonchev–Trinajstić information content (AvgIpc) is 3.25. The van der Waals surface area contributed by atoms with E-state index < -0.39 is 0 Å². The minimum atomic E-state index is -0.165. The van der Waals surface area contributed by atoms with Crippen LogP contribution < -0.4 is 10.6 Å². The Kier molecular flexibility index (Phi) is 5.16. The summed E-state index contributed by atoms with van der Waals surface area (Å²) in [5.74, 6) is -0.332. The number of benzene rings is 1. The molecule has 1 aliphatic rings. The zero-order valence-electron chi connectivity index (χ0n) is 11.9. The lowest BCUT2D eigenvalue weighted by Crippen LogP contribution is -2.28. The van der Waals surface area contributed by atoms with Gasteiger partial charge in [-0.25, -0.2) is 0 Å². The number of amides is 2. The summed E-state index contributed by atoms with van der Waals surface area (Å²) in [6.45, 7) is 2.85. The molecule has 1 aromatic rings. The van der Waals surface area contributed by atoms with E-state index in [2.05, 4.69) is 17.6 Å². The fraction of sp³-hybridized carbons (Fsp3) is 0.500. The van der Waals surface area contributed by atoms with E-state index in [9.17, 15) is 9.59 Å². The number of anilines is 1. The quantitative estimate of drug-likeness (QED) is 0.751. The summed E-state index contributed by atoms with van der Waals surface area (Å²) in [5, 5.41) is 5.76. The Labute approximate surface area is 119 Å². The first kappa shape index (κ1) is 14.6. The molecule has 2 unspecified atom stereocenters. The van der Waals surface area contributed by atoms with Gasteiger partial charge in [-0.05, 0) is 25.0 Å². The Balaban J connectivity index is 1.71. The highest BCUT2D eigenvalue weighted by molar-refractivity contribution is 5.99. The Morgan fingerprint density at radius 1 is 1.10 bits per heavy atom. The van der Waals surface area contributed by atoms with Gasteiger partial charge in [-0.3, -0.25) is 9.59 Å². The molecule has 4 heteroatoms. The van der Waals surface area contributed by atoms with Crippen molar-refractivity contribution in [2.24, 2.45) is 11.8 Å². The largest absolute Gasteiger partial charge is 0.356 e.